The van der Waals surface area contributed by atoms with Gasteiger partial charge in [0.25, 0.3) is 0 Å². The van der Waals surface area contributed by atoms with Crippen molar-refractivity contribution in [3.8, 4) is 0 Å². The number of aliphatic hydroxyl groups excluding tert-OH is 1. The lowest BCUT2D eigenvalue weighted by atomic mass is 10.0. The maximum absolute atomic E-state index is 8.60. The summed E-state index contributed by atoms with van der Waals surface area (Å²) in [7, 11) is 0. The van der Waals surface area contributed by atoms with Gasteiger partial charge in [-0.25, -0.2) is 0 Å². The fourth-order valence-corrected chi connectivity index (χ4v) is 1.68. The van der Waals surface area contributed by atoms with Crippen LogP contribution in [-0.4, -0.2) is 18.3 Å². The first-order chi connectivity index (χ1) is 6.65. The Hall–Kier alpha value is -0.860. The maximum Gasteiger partial charge on any atom is 0.0723 e. The van der Waals surface area contributed by atoms with E-state index in [0.29, 0.717) is 13.2 Å². The van der Waals surface area contributed by atoms with E-state index in [4.69, 9.17) is 9.84 Å². The highest BCUT2D eigenvalue weighted by molar-refractivity contribution is 5.36. The Kier molecular flexibility index (Phi) is 4.11. The molecule has 0 unspecified atom stereocenters. The summed E-state index contributed by atoms with van der Waals surface area (Å²) in [6.45, 7) is 7.38. The van der Waals surface area contributed by atoms with E-state index < -0.39 is 0 Å². The Morgan fingerprint density at radius 3 is 2.21 bits per heavy atom. The van der Waals surface area contributed by atoms with Crippen molar-refractivity contribution in [3.05, 3.63) is 34.4 Å². The highest BCUT2D eigenvalue weighted by Gasteiger charge is 2.03. The molecular weight excluding hydrogens is 176 g/mol. The predicted molar refractivity (Wildman–Crippen MR) is 57.4 cm³/mol. The van der Waals surface area contributed by atoms with Crippen LogP contribution in [0.5, 0.6) is 0 Å². The Bertz CT molecular complexity index is 282. The fraction of sp³-hybridized carbons (Fsp3) is 0.500. The number of aryl methyl sites for hydroxylation is 3. The van der Waals surface area contributed by atoms with Crippen LogP contribution in [0.4, 0.5) is 0 Å². The fourth-order valence-electron chi connectivity index (χ4n) is 1.68. The highest BCUT2D eigenvalue weighted by Crippen LogP contribution is 2.16. The van der Waals surface area contributed by atoms with E-state index in [1.54, 1.807) is 0 Å². The van der Waals surface area contributed by atoms with Crippen molar-refractivity contribution < 1.29 is 9.84 Å². The van der Waals surface area contributed by atoms with Gasteiger partial charge < -0.3 is 9.84 Å². The van der Waals surface area contributed by atoms with Gasteiger partial charge in [0.2, 0.25) is 0 Å². The zero-order valence-electron chi connectivity index (χ0n) is 9.13. The second-order valence-electron chi connectivity index (χ2n) is 3.65. The summed E-state index contributed by atoms with van der Waals surface area (Å²) in [5.41, 5.74) is 5.05. The summed E-state index contributed by atoms with van der Waals surface area (Å²) < 4.78 is 5.32. The molecule has 0 fully saturated rings. The largest absolute Gasteiger partial charge is 0.394 e. The number of hydrogen-bond acceptors (Lipinski definition) is 2. The predicted octanol–water partition coefficient (Wildman–Crippen LogP) is 2.12. The van der Waals surface area contributed by atoms with Crippen molar-refractivity contribution >= 4 is 0 Å². The molecule has 1 aromatic carbocycles. The van der Waals surface area contributed by atoms with Crippen molar-refractivity contribution in [2.24, 2.45) is 0 Å². The van der Waals surface area contributed by atoms with Gasteiger partial charge in [0, 0.05) is 0 Å². The highest BCUT2D eigenvalue weighted by atomic mass is 16.5. The zero-order valence-corrected chi connectivity index (χ0v) is 9.13. The van der Waals surface area contributed by atoms with E-state index in [0.717, 1.165) is 0 Å². The minimum absolute atomic E-state index is 0.0873. The summed E-state index contributed by atoms with van der Waals surface area (Å²) in [5.74, 6) is 0. The topological polar surface area (TPSA) is 29.5 Å². The Morgan fingerprint density at radius 1 is 1.14 bits per heavy atom. The number of benzene rings is 1. The average molecular weight is 194 g/mol. The molecule has 0 amide bonds. The maximum atomic E-state index is 8.60. The lowest BCUT2D eigenvalue weighted by molar-refractivity contribution is 0.0810. The average Bonchev–Trinajstić information content (AvgIpc) is 2.09. The van der Waals surface area contributed by atoms with Gasteiger partial charge in [-0.3, -0.25) is 0 Å². The quantitative estimate of drug-likeness (QED) is 0.744. The van der Waals surface area contributed by atoms with Gasteiger partial charge in [0.05, 0.1) is 19.8 Å². The van der Waals surface area contributed by atoms with Gasteiger partial charge in [-0.15, -0.1) is 0 Å². The number of rotatable bonds is 4. The molecule has 0 aliphatic rings. The molecule has 0 bridgehead atoms. The summed E-state index contributed by atoms with van der Waals surface area (Å²) >= 11 is 0. The molecule has 0 spiro atoms. The minimum atomic E-state index is 0.0873. The van der Waals surface area contributed by atoms with Crippen LogP contribution in [0.1, 0.15) is 22.3 Å². The normalized spacial score (nSPS) is 10.6. The molecule has 0 heterocycles. The molecule has 0 saturated heterocycles. The lowest BCUT2D eigenvalue weighted by Gasteiger charge is -2.11. The van der Waals surface area contributed by atoms with Crippen molar-refractivity contribution in [1.82, 2.24) is 0 Å². The van der Waals surface area contributed by atoms with Gasteiger partial charge in [0.15, 0.2) is 0 Å². The molecule has 1 rings (SSSR count). The molecule has 0 aromatic heterocycles. The Labute approximate surface area is 85.5 Å². The number of aliphatic hydroxyl groups is 1. The third-order valence-corrected chi connectivity index (χ3v) is 2.32. The SMILES string of the molecule is Cc1cc(C)c(COCCO)c(C)c1. The van der Waals surface area contributed by atoms with Gasteiger partial charge >= 0.3 is 0 Å². The van der Waals surface area contributed by atoms with Crippen LogP contribution in [0, 0.1) is 20.8 Å². The smallest absolute Gasteiger partial charge is 0.0723 e. The molecule has 2 heteroatoms. The first-order valence-corrected chi connectivity index (χ1v) is 4.90. The lowest BCUT2D eigenvalue weighted by Crippen LogP contribution is -2.02. The van der Waals surface area contributed by atoms with Crippen LogP contribution in [0.3, 0.4) is 0 Å². The van der Waals surface area contributed by atoms with E-state index in [2.05, 4.69) is 32.9 Å². The molecule has 0 saturated carbocycles. The van der Waals surface area contributed by atoms with Crippen LogP contribution in [0.15, 0.2) is 12.1 Å². The Morgan fingerprint density at radius 2 is 1.71 bits per heavy atom. The van der Waals surface area contributed by atoms with Crippen LogP contribution in [-0.2, 0) is 11.3 Å². The van der Waals surface area contributed by atoms with Gasteiger partial charge in [0.1, 0.15) is 0 Å². The van der Waals surface area contributed by atoms with Crippen LogP contribution in [0.2, 0.25) is 0 Å². The standard InChI is InChI=1S/C12H18O2/c1-9-6-10(2)12(11(3)7-9)8-14-5-4-13/h6-7,13H,4-5,8H2,1-3H3. The van der Waals surface area contributed by atoms with Crippen molar-refractivity contribution in [1.29, 1.82) is 0 Å². The summed E-state index contributed by atoms with van der Waals surface area (Å²) in [4.78, 5) is 0. The zero-order chi connectivity index (χ0) is 10.6. The molecule has 0 atom stereocenters. The Balaban J connectivity index is 2.75. The van der Waals surface area contributed by atoms with Crippen molar-refractivity contribution in [3.63, 3.8) is 0 Å². The molecule has 14 heavy (non-hydrogen) atoms. The number of ether oxygens (including phenoxy) is 1. The third kappa shape index (κ3) is 2.82. The second-order valence-corrected chi connectivity index (χ2v) is 3.65. The van der Waals surface area contributed by atoms with Crippen LogP contribution < -0.4 is 0 Å². The monoisotopic (exact) mass is 194 g/mol. The molecule has 0 aliphatic carbocycles. The molecule has 0 aliphatic heterocycles. The molecule has 1 N–H and O–H groups in total. The van der Waals surface area contributed by atoms with E-state index >= 15 is 0 Å². The van der Waals surface area contributed by atoms with Gasteiger partial charge in [-0.2, -0.15) is 0 Å². The van der Waals surface area contributed by atoms with E-state index in [-0.39, 0.29) is 6.61 Å². The minimum Gasteiger partial charge on any atom is -0.394 e. The molecule has 0 radical (unpaired) electrons. The number of hydrogen-bond donors (Lipinski definition) is 1. The molecule has 1 aromatic rings. The molecular formula is C12H18O2. The van der Waals surface area contributed by atoms with Crippen LogP contribution >= 0.6 is 0 Å². The second kappa shape index (κ2) is 5.13. The van der Waals surface area contributed by atoms with Crippen molar-refractivity contribution in [2.45, 2.75) is 27.4 Å². The van der Waals surface area contributed by atoms with Gasteiger partial charge in [-0.1, -0.05) is 17.7 Å². The molecule has 78 valence electrons. The first kappa shape index (κ1) is 11.2. The summed E-state index contributed by atoms with van der Waals surface area (Å²) in [6, 6.07) is 4.31. The molecule has 2 nitrogen and oxygen atoms in total. The van der Waals surface area contributed by atoms with Gasteiger partial charge in [-0.05, 0) is 37.5 Å². The third-order valence-electron chi connectivity index (χ3n) is 2.32. The van der Waals surface area contributed by atoms with E-state index in [9.17, 15) is 0 Å². The van der Waals surface area contributed by atoms with E-state index in [1.165, 1.54) is 22.3 Å². The first-order valence-electron chi connectivity index (χ1n) is 4.90. The summed E-state index contributed by atoms with van der Waals surface area (Å²) in [5, 5.41) is 8.60. The van der Waals surface area contributed by atoms with Crippen LogP contribution in [0.25, 0.3) is 0 Å². The van der Waals surface area contributed by atoms with Crippen molar-refractivity contribution in [2.75, 3.05) is 13.2 Å². The summed E-state index contributed by atoms with van der Waals surface area (Å²) in [6.07, 6.45) is 0. The van der Waals surface area contributed by atoms with E-state index in [1.807, 2.05) is 0 Å².